The first-order valence-electron chi connectivity index (χ1n) is 6.98. The van der Waals surface area contributed by atoms with Gasteiger partial charge in [-0.05, 0) is 19.4 Å². The lowest BCUT2D eigenvalue weighted by Crippen LogP contribution is -2.71. The van der Waals surface area contributed by atoms with Crippen LogP contribution in [0.3, 0.4) is 0 Å². The van der Waals surface area contributed by atoms with E-state index < -0.39 is 29.2 Å². The molecule has 122 valence electrons. The second-order valence-electron chi connectivity index (χ2n) is 5.58. The van der Waals surface area contributed by atoms with Crippen molar-refractivity contribution in [3.63, 3.8) is 0 Å². The van der Waals surface area contributed by atoms with Gasteiger partial charge >= 0.3 is 0 Å². The lowest BCUT2D eigenvalue weighted by atomic mass is 10.0. The van der Waals surface area contributed by atoms with Crippen molar-refractivity contribution in [2.75, 3.05) is 5.75 Å². The van der Waals surface area contributed by atoms with E-state index in [4.69, 9.17) is 0 Å². The molecule has 3 rings (SSSR count). The van der Waals surface area contributed by atoms with Gasteiger partial charge in [0.15, 0.2) is 0 Å². The average Bonchev–Trinajstić information content (AvgIpc) is 2.82. The third-order valence-corrected chi connectivity index (χ3v) is 5.32. The highest BCUT2D eigenvalue weighted by Gasteiger charge is 2.52. The number of nitrogens with one attached hydrogen (secondary N) is 1. The van der Waals surface area contributed by atoms with Gasteiger partial charge in [0.2, 0.25) is 0 Å². The Morgan fingerprint density at radius 1 is 1.43 bits per heavy atom. The molecule has 2 aliphatic heterocycles. The summed E-state index contributed by atoms with van der Waals surface area (Å²) in [6.45, 7) is 3.37. The number of hydrogen-bond donors (Lipinski definition) is 1. The molecule has 0 aromatic carbocycles. The minimum Gasteiger partial charge on any atom is -0.543 e. The number of carboxylic acid groups (broad SMARTS) is 1. The molecule has 3 heterocycles. The quantitative estimate of drug-likeness (QED) is 0.693. The number of β-lactam (4-membered cyclic amide) rings is 1. The number of carboxylic acids is 1. The van der Waals surface area contributed by atoms with E-state index >= 15 is 0 Å². The molecule has 0 bridgehead atoms. The Morgan fingerprint density at radius 3 is 2.70 bits per heavy atom. The Bertz CT molecular complexity index is 754. The van der Waals surface area contributed by atoms with E-state index in [9.17, 15) is 19.5 Å². The fourth-order valence-electron chi connectivity index (χ4n) is 2.80. The fourth-order valence-corrected chi connectivity index (χ4v) is 4.10. The molecule has 1 aromatic heterocycles. The first-order chi connectivity index (χ1) is 10.8. The number of carbonyl (C=O) groups excluding carboxylic acids is 3. The summed E-state index contributed by atoms with van der Waals surface area (Å²) < 4.78 is 1.52. The zero-order valence-electron chi connectivity index (χ0n) is 12.8. The third kappa shape index (κ3) is 2.40. The molecule has 0 saturated carbocycles. The normalized spacial score (nSPS) is 23.4. The van der Waals surface area contributed by atoms with Gasteiger partial charge in [0.05, 0.1) is 22.9 Å². The zero-order valence-corrected chi connectivity index (χ0v) is 13.6. The second kappa shape index (κ2) is 5.41. The highest BCUT2D eigenvalue weighted by atomic mass is 32.2. The van der Waals surface area contributed by atoms with Crippen molar-refractivity contribution in [1.29, 1.82) is 0 Å². The number of hydrogen-bond acceptors (Lipinski definition) is 6. The molecular weight excluding hydrogens is 320 g/mol. The van der Waals surface area contributed by atoms with Crippen LogP contribution in [0.4, 0.5) is 0 Å². The van der Waals surface area contributed by atoms with Gasteiger partial charge in [-0.15, -0.1) is 11.8 Å². The van der Waals surface area contributed by atoms with Crippen molar-refractivity contribution in [3.05, 3.63) is 28.7 Å². The highest BCUT2D eigenvalue weighted by molar-refractivity contribution is 8.00. The average molecular weight is 335 g/mol. The molecule has 0 aliphatic carbocycles. The van der Waals surface area contributed by atoms with Crippen LogP contribution in [-0.4, -0.2) is 49.6 Å². The maximum Gasteiger partial charge on any atom is 0.255 e. The Morgan fingerprint density at radius 2 is 2.13 bits per heavy atom. The van der Waals surface area contributed by atoms with Crippen LogP contribution >= 0.6 is 11.8 Å². The Hall–Kier alpha value is -2.29. The van der Waals surface area contributed by atoms with Gasteiger partial charge in [-0.3, -0.25) is 19.2 Å². The Labute approximate surface area is 136 Å². The first kappa shape index (κ1) is 15.6. The number of aromatic nitrogens is 2. The number of aryl methyl sites for hydroxylation is 2. The molecule has 23 heavy (non-hydrogen) atoms. The van der Waals surface area contributed by atoms with E-state index in [0.717, 1.165) is 0 Å². The minimum absolute atomic E-state index is 0.0817. The summed E-state index contributed by atoms with van der Waals surface area (Å²) in [7, 11) is 1.71. The van der Waals surface area contributed by atoms with Gasteiger partial charge in [-0.25, -0.2) is 0 Å². The molecule has 0 radical (unpaired) electrons. The van der Waals surface area contributed by atoms with E-state index in [2.05, 4.69) is 10.4 Å². The molecule has 0 unspecified atom stereocenters. The molecule has 0 spiro atoms. The lowest BCUT2D eigenvalue weighted by molar-refractivity contribution is -0.301. The van der Waals surface area contributed by atoms with Crippen LogP contribution in [0, 0.1) is 6.92 Å². The number of amides is 2. The van der Waals surface area contributed by atoms with Gasteiger partial charge in [0.25, 0.3) is 11.8 Å². The molecule has 2 amide bonds. The van der Waals surface area contributed by atoms with Gasteiger partial charge < -0.3 is 15.2 Å². The maximum absolute atomic E-state index is 12.3. The van der Waals surface area contributed by atoms with E-state index in [-0.39, 0.29) is 5.70 Å². The predicted octanol–water partition coefficient (Wildman–Crippen LogP) is -1.23. The van der Waals surface area contributed by atoms with Crippen LogP contribution in [-0.2, 0) is 16.6 Å². The smallest absolute Gasteiger partial charge is 0.255 e. The summed E-state index contributed by atoms with van der Waals surface area (Å²) in [6.07, 6.45) is 1.58. The van der Waals surface area contributed by atoms with Crippen molar-refractivity contribution in [2.45, 2.75) is 25.3 Å². The summed E-state index contributed by atoms with van der Waals surface area (Å²) in [4.78, 5) is 37.0. The van der Waals surface area contributed by atoms with E-state index in [1.54, 1.807) is 27.1 Å². The molecule has 1 N–H and O–H groups in total. The standard InChI is InChI=1S/C14H16N4O4S/c1-6-5-23-13-9(12(20)18(13)10(6)14(21)22)15-11(19)8-4-17(3)16-7(8)2/h4,9,13H,5H2,1-3H3,(H,15,19)(H,21,22)/p-1/t9-,13-/m0/s1. The van der Waals surface area contributed by atoms with E-state index in [0.29, 0.717) is 22.6 Å². The van der Waals surface area contributed by atoms with Gasteiger partial charge in [0.1, 0.15) is 11.4 Å². The summed E-state index contributed by atoms with van der Waals surface area (Å²) >= 11 is 1.42. The van der Waals surface area contributed by atoms with Crippen molar-refractivity contribution in [1.82, 2.24) is 20.0 Å². The SMILES string of the molecule is CC1=C(C(=O)[O-])N2C(=O)[C@H](NC(=O)c3cn(C)nc3C)[C@@H]2SC1. The molecule has 2 aliphatic rings. The van der Waals surface area contributed by atoms with Crippen LogP contribution in [0.2, 0.25) is 0 Å². The summed E-state index contributed by atoms with van der Waals surface area (Å²) in [5.41, 5.74) is 1.47. The van der Waals surface area contributed by atoms with Crippen molar-refractivity contribution in [2.24, 2.45) is 7.05 Å². The lowest BCUT2D eigenvalue weighted by Gasteiger charge is -2.50. The molecule has 9 heteroatoms. The third-order valence-electron chi connectivity index (χ3n) is 3.90. The van der Waals surface area contributed by atoms with E-state index in [1.165, 1.54) is 21.3 Å². The topological polar surface area (TPSA) is 107 Å². The molecule has 1 fully saturated rings. The minimum atomic E-state index is -1.37. The monoisotopic (exact) mass is 335 g/mol. The number of thioether (sulfide) groups is 1. The Kier molecular flexibility index (Phi) is 3.67. The number of carbonyl (C=O) groups is 3. The van der Waals surface area contributed by atoms with Crippen molar-refractivity contribution < 1.29 is 19.5 Å². The van der Waals surface area contributed by atoms with Crippen LogP contribution < -0.4 is 10.4 Å². The van der Waals surface area contributed by atoms with Gasteiger partial charge in [-0.1, -0.05) is 0 Å². The van der Waals surface area contributed by atoms with Crippen molar-refractivity contribution in [3.8, 4) is 0 Å². The predicted molar refractivity (Wildman–Crippen MR) is 80.0 cm³/mol. The summed E-state index contributed by atoms with van der Waals surface area (Å²) in [5.74, 6) is -1.71. The van der Waals surface area contributed by atoms with Crippen LogP contribution in [0.15, 0.2) is 17.5 Å². The molecule has 2 atom stereocenters. The number of rotatable bonds is 3. The number of nitrogens with zero attached hydrogens (tertiary/aromatic N) is 3. The van der Waals surface area contributed by atoms with Gasteiger partial charge in [-0.2, -0.15) is 5.10 Å². The van der Waals surface area contributed by atoms with Crippen LogP contribution in [0.25, 0.3) is 0 Å². The molecular formula is C14H15N4O4S-. The molecule has 1 aromatic rings. The number of aliphatic carboxylic acids is 1. The molecule has 8 nitrogen and oxygen atoms in total. The largest absolute Gasteiger partial charge is 0.543 e. The van der Waals surface area contributed by atoms with E-state index in [1.807, 2.05) is 0 Å². The van der Waals surface area contributed by atoms with Gasteiger partial charge in [0, 0.05) is 19.0 Å². The number of fused-ring (bicyclic) bond motifs is 1. The van der Waals surface area contributed by atoms with Crippen molar-refractivity contribution >= 4 is 29.5 Å². The zero-order chi connectivity index (χ0) is 16.9. The fraction of sp³-hybridized carbons (Fsp3) is 0.429. The maximum atomic E-state index is 12.3. The highest BCUT2D eigenvalue weighted by Crippen LogP contribution is 2.39. The first-order valence-corrected chi connectivity index (χ1v) is 8.03. The summed E-state index contributed by atoms with van der Waals surface area (Å²) in [5, 5.41) is 17.6. The Balaban J connectivity index is 1.78. The van der Waals surface area contributed by atoms with Crippen LogP contribution in [0.5, 0.6) is 0 Å². The second-order valence-corrected chi connectivity index (χ2v) is 6.68. The summed E-state index contributed by atoms with van der Waals surface area (Å²) in [6, 6.07) is -0.741. The van der Waals surface area contributed by atoms with Crippen LogP contribution in [0.1, 0.15) is 23.0 Å². The molecule has 1 saturated heterocycles.